The normalized spacial score (nSPS) is 10.6. The predicted octanol–water partition coefficient (Wildman–Crippen LogP) is 6.01. The maximum atomic E-state index is 12.3. The molecule has 0 aromatic heterocycles. The molecule has 0 aliphatic heterocycles. The highest BCUT2D eigenvalue weighted by Crippen LogP contribution is 2.34. The molecule has 0 aliphatic rings. The Morgan fingerprint density at radius 1 is 0.875 bits per heavy atom. The first-order valence-corrected chi connectivity index (χ1v) is 11.1. The second-order valence-corrected chi connectivity index (χ2v) is 8.04. The number of rotatable bonds is 10. The Hall–Kier alpha value is -2.73. The van der Waals surface area contributed by atoms with Crippen molar-refractivity contribution in [2.45, 2.75) is 26.9 Å². The number of amides is 1. The summed E-state index contributed by atoms with van der Waals surface area (Å²) in [6.45, 7) is 5.31. The number of anilines is 1. The van der Waals surface area contributed by atoms with Crippen LogP contribution in [0.5, 0.6) is 11.5 Å². The van der Waals surface area contributed by atoms with E-state index in [0.717, 1.165) is 16.7 Å². The van der Waals surface area contributed by atoms with Crippen molar-refractivity contribution in [2.75, 3.05) is 18.5 Å². The van der Waals surface area contributed by atoms with Crippen LogP contribution in [0.25, 0.3) is 0 Å². The number of carbonyl (C=O) groups excluding carboxylic acids is 1. The first-order valence-electron chi connectivity index (χ1n) is 10.3. The fraction of sp³-hybridized carbons (Fsp3) is 0.240. The van der Waals surface area contributed by atoms with Gasteiger partial charge >= 0.3 is 0 Å². The Kier molecular flexibility index (Phi) is 8.80. The van der Waals surface area contributed by atoms with Crippen LogP contribution in [-0.2, 0) is 17.9 Å². The summed E-state index contributed by atoms with van der Waals surface area (Å²) in [5, 5.41) is 7.39. The summed E-state index contributed by atoms with van der Waals surface area (Å²) in [5.74, 6) is 0.693. The molecule has 1 amide bonds. The summed E-state index contributed by atoms with van der Waals surface area (Å²) in [6.07, 6.45) is 0. The van der Waals surface area contributed by atoms with E-state index in [4.69, 9.17) is 32.7 Å². The van der Waals surface area contributed by atoms with Gasteiger partial charge in [-0.1, -0.05) is 59.1 Å². The lowest BCUT2D eigenvalue weighted by molar-refractivity contribution is -0.118. The molecule has 0 heterocycles. The van der Waals surface area contributed by atoms with Crippen LogP contribution in [0.2, 0.25) is 10.0 Å². The van der Waals surface area contributed by atoms with Crippen molar-refractivity contribution in [3.05, 3.63) is 87.4 Å². The molecule has 168 valence electrons. The summed E-state index contributed by atoms with van der Waals surface area (Å²) >= 11 is 12.7. The fourth-order valence-corrected chi connectivity index (χ4v) is 3.47. The van der Waals surface area contributed by atoms with Gasteiger partial charge in [0.25, 0.3) is 5.91 Å². The van der Waals surface area contributed by atoms with Crippen molar-refractivity contribution in [1.82, 2.24) is 5.32 Å². The highest BCUT2D eigenvalue weighted by molar-refractivity contribution is 6.31. The van der Waals surface area contributed by atoms with Gasteiger partial charge in [0.05, 0.1) is 6.61 Å². The molecule has 0 aliphatic carbocycles. The SMILES string of the molecule is CCOc1cc(CNCc2ccccc2Cl)c(Cl)cc1OCC(=O)Nc1ccc(C)cc1. The van der Waals surface area contributed by atoms with Crippen molar-refractivity contribution in [1.29, 1.82) is 0 Å². The van der Waals surface area contributed by atoms with Crippen LogP contribution in [0.15, 0.2) is 60.7 Å². The largest absolute Gasteiger partial charge is 0.490 e. The third kappa shape index (κ3) is 6.89. The number of carbonyl (C=O) groups is 1. The topological polar surface area (TPSA) is 59.6 Å². The third-order valence-corrected chi connectivity index (χ3v) is 5.42. The zero-order chi connectivity index (χ0) is 22.9. The van der Waals surface area contributed by atoms with E-state index in [2.05, 4.69) is 10.6 Å². The highest BCUT2D eigenvalue weighted by atomic mass is 35.5. The summed E-state index contributed by atoms with van der Waals surface area (Å²) < 4.78 is 11.4. The lowest BCUT2D eigenvalue weighted by Crippen LogP contribution is -2.20. The van der Waals surface area contributed by atoms with Crippen LogP contribution in [0.1, 0.15) is 23.6 Å². The molecule has 0 saturated heterocycles. The summed E-state index contributed by atoms with van der Waals surface area (Å²) in [4.78, 5) is 12.3. The summed E-state index contributed by atoms with van der Waals surface area (Å²) in [6, 6.07) is 18.8. The van der Waals surface area contributed by atoms with Gasteiger partial charge in [0.2, 0.25) is 0 Å². The van der Waals surface area contributed by atoms with E-state index in [-0.39, 0.29) is 12.5 Å². The summed E-state index contributed by atoms with van der Waals surface area (Å²) in [7, 11) is 0. The molecule has 32 heavy (non-hydrogen) atoms. The van der Waals surface area contributed by atoms with Gasteiger partial charge in [0.1, 0.15) is 0 Å². The molecule has 5 nitrogen and oxygen atoms in total. The van der Waals surface area contributed by atoms with E-state index in [1.807, 2.05) is 68.4 Å². The lowest BCUT2D eigenvalue weighted by atomic mass is 10.1. The Labute approximate surface area is 198 Å². The average Bonchev–Trinajstić information content (AvgIpc) is 2.77. The van der Waals surface area contributed by atoms with Crippen molar-refractivity contribution >= 4 is 34.8 Å². The fourth-order valence-electron chi connectivity index (χ4n) is 3.04. The van der Waals surface area contributed by atoms with Crippen molar-refractivity contribution in [3.63, 3.8) is 0 Å². The number of hydrogen-bond acceptors (Lipinski definition) is 4. The number of ether oxygens (including phenoxy) is 2. The lowest BCUT2D eigenvalue weighted by Gasteiger charge is -2.15. The third-order valence-electron chi connectivity index (χ3n) is 4.70. The molecule has 3 rings (SSSR count). The van der Waals surface area contributed by atoms with Gasteiger partial charge in [-0.3, -0.25) is 4.79 Å². The molecular formula is C25H26Cl2N2O3. The molecule has 7 heteroatoms. The van der Waals surface area contributed by atoms with Crippen LogP contribution in [-0.4, -0.2) is 19.1 Å². The number of nitrogens with one attached hydrogen (secondary N) is 2. The van der Waals surface area contributed by atoms with Crippen LogP contribution in [0.3, 0.4) is 0 Å². The minimum atomic E-state index is -0.266. The zero-order valence-corrected chi connectivity index (χ0v) is 19.6. The van der Waals surface area contributed by atoms with Crippen LogP contribution in [0.4, 0.5) is 5.69 Å². The Morgan fingerprint density at radius 2 is 1.56 bits per heavy atom. The van der Waals surface area contributed by atoms with E-state index in [9.17, 15) is 4.79 Å². The van der Waals surface area contributed by atoms with Crippen LogP contribution < -0.4 is 20.1 Å². The summed E-state index contributed by atoms with van der Waals surface area (Å²) in [5.41, 5.74) is 3.71. The molecule has 0 fully saturated rings. The van der Waals surface area contributed by atoms with E-state index < -0.39 is 0 Å². The standard InChI is InChI=1S/C25H26Cl2N2O3/c1-3-31-23-12-19(15-28-14-18-6-4-5-7-21(18)26)22(27)13-24(23)32-16-25(30)29-20-10-8-17(2)9-11-20/h4-13,28H,3,14-16H2,1-2H3,(H,29,30). The monoisotopic (exact) mass is 472 g/mol. The van der Waals surface area contributed by atoms with Crippen molar-refractivity contribution in [2.24, 2.45) is 0 Å². The molecule has 3 aromatic rings. The van der Waals surface area contributed by atoms with E-state index in [1.54, 1.807) is 6.07 Å². The maximum Gasteiger partial charge on any atom is 0.262 e. The van der Waals surface area contributed by atoms with E-state index in [1.165, 1.54) is 0 Å². The Morgan fingerprint density at radius 3 is 2.28 bits per heavy atom. The van der Waals surface area contributed by atoms with Gasteiger partial charge in [-0.15, -0.1) is 0 Å². The molecule has 0 spiro atoms. The van der Waals surface area contributed by atoms with Gasteiger partial charge in [-0.25, -0.2) is 0 Å². The van der Waals surface area contributed by atoms with Gasteiger partial charge in [0.15, 0.2) is 18.1 Å². The first-order chi connectivity index (χ1) is 15.5. The van der Waals surface area contributed by atoms with Crippen molar-refractivity contribution in [3.8, 4) is 11.5 Å². The Bertz CT molecular complexity index is 1060. The molecule has 0 atom stereocenters. The van der Waals surface area contributed by atoms with Gasteiger partial charge in [-0.05, 0) is 49.2 Å². The highest BCUT2D eigenvalue weighted by Gasteiger charge is 2.13. The minimum absolute atomic E-state index is 0.158. The van der Waals surface area contributed by atoms with Gasteiger partial charge < -0.3 is 20.1 Å². The number of aryl methyl sites for hydroxylation is 1. The second-order valence-electron chi connectivity index (χ2n) is 7.22. The Balaban J connectivity index is 1.62. The smallest absolute Gasteiger partial charge is 0.262 e. The molecule has 0 unspecified atom stereocenters. The molecule has 2 N–H and O–H groups in total. The minimum Gasteiger partial charge on any atom is -0.490 e. The number of benzene rings is 3. The average molecular weight is 473 g/mol. The number of halogens is 2. The second kappa shape index (κ2) is 11.8. The van der Waals surface area contributed by atoms with Crippen LogP contribution >= 0.6 is 23.2 Å². The number of hydrogen-bond donors (Lipinski definition) is 2. The first kappa shape index (κ1) is 23.9. The van der Waals surface area contributed by atoms with Crippen LogP contribution in [0, 0.1) is 6.92 Å². The molecule has 3 aromatic carbocycles. The molecule has 0 saturated carbocycles. The zero-order valence-electron chi connectivity index (χ0n) is 18.1. The van der Waals surface area contributed by atoms with Gasteiger partial charge in [-0.2, -0.15) is 0 Å². The molecule has 0 bridgehead atoms. The quantitative estimate of drug-likeness (QED) is 0.379. The maximum absolute atomic E-state index is 12.3. The predicted molar refractivity (Wildman–Crippen MR) is 130 cm³/mol. The molecular weight excluding hydrogens is 447 g/mol. The van der Waals surface area contributed by atoms with Crippen molar-refractivity contribution < 1.29 is 14.3 Å². The van der Waals surface area contributed by atoms with E-state index >= 15 is 0 Å². The van der Waals surface area contributed by atoms with Gasteiger partial charge in [0, 0.05) is 34.9 Å². The van der Waals surface area contributed by atoms with E-state index in [0.29, 0.717) is 46.9 Å². The molecule has 0 radical (unpaired) electrons.